The summed E-state index contributed by atoms with van der Waals surface area (Å²) in [5.41, 5.74) is 5.38. The standard InChI is InChI=1S/C11H25N3O.C2H6/c1-11(15)14(2)10-5-3-4-8-13-9-6-7-12;1-2/h13H,3-10,12H2,1-2H3;1-2H3. The highest BCUT2D eigenvalue weighted by Gasteiger charge is 2.00. The minimum absolute atomic E-state index is 0.149. The minimum Gasteiger partial charge on any atom is -0.346 e. The van der Waals surface area contributed by atoms with E-state index in [-0.39, 0.29) is 5.91 Å². The number of nitrogens with two attached hydrogens (primary N) is 1. The molecule has 0 aromatic rings. The van der Waals surface area contributed by atoms with Gasteiger partial charge in [-0.05, 0) is 38.9 Å². The Balaban J connectivity index is 0. The van der Waals surface area contributed by atoms with Gasteiger partial charge in [-0.1, -0.05) is 20.3 Å². The SMILES string of the molecule is CC.CC(=O)N(C)CCCCCNCCCN. The Hall–Kier alpha value is -0.610. The van der Waals surface area contributed by atoms with Gasteiger partial charge < -0.3 is 16.0 Å². The molecule has 0 atom stereocenters. The van der Waals surface area contributed by atoms with E-state index in [1.807, 2.05) is 20.9 Å². The van der Waals surface area contributed by atoms with Crippen molar-refractivity contribution < 1.29 is 4.79 Å². The molecule has 3 N–H and O–H groups in total. The number of carbonyl (C=O) groups is 1. The fourth-order valence-electron chi connectivity index (χ4n) is 1.29. The van der Waals surface area contributed by atoms with Crippen molar-refractivity contribution in [2.75, 3.05) is 33.2 Å². The van der Waals surface area contributed by atoms with Gasteiger partial charge in [-0.3, -0.25) is 4.79 Å². The van der Waals surface area contributed by atoms with Crippen molar-refractivity contribution >= 4 is 5.91 Å². The van der Waals surface area contributed by atoms with Crippen LogP contribution in [0.2, 0.25) is 0 Å². The van der Waals surface area contributed by atoms with Gasteiger partial charge in [0.2, 0.25) is 5.91 Å². The topological polar surface area (TPSA) is 58.4 Å². The fourth-order valence-corrected chi connectivity index (χ4v) is 1.29. The number of amides is 1. The third kappa shape index (κ3) is 15.4. The lowest BCUT2D eigenvalue weighted by Crippen LogP contribution is -2.25. The fraction of sp³-hybridized carbons (Fsp3) is 0.923. The Bertz CT molecular complexity index is 163. The van der Waals surface area contributed by atoms with Crippen LogP contribution in [0.1, 0.15) is 46.5 Å². The van der Waals surface area contributed by atoms with Gasteiger partial charge in [0.05, 0.1) is 0 Å². The van der Waals surface area contributed by atoms with Gasteiger partial charge in [0.15, 0.2) is 0 Å². The van der Waals surface area contributed by atoms with Crippen LogP contribution in [-0.4, -0.2) is 44.0 Å². The van der Waals surface area contributed by atoms with E-state index in [1.54, 1.807) is 11.8 Å². The van der Waals surface area contributed by atoms with E-state index >= 15 is 0 Å². The molecule has 104 valence electrons. The summed E-state index contributed by atoms with van der Waals surface area (Å²) in [5, 5.41) is 3.34. The Kier molecular flexibility index (Phi) is 17.0. The van der Waals surface area contributed by atoms with Crippen LogP contribution in [0.3, 0.4) is 0 Å². The second kappa shape index (κ2) is 15.4. The van der Waals surface area contributed by atoms with E-state index in [4.69, 9.17) is 5.73 Å². The van der Waals surface area contributed by atoms with Gasteiger partial charge in [0.25, 0.3) is 0 Å². The Morgan fingerprint density at radius 3 is 2.24 bits per heavy atom. The molecule has 0 spiro atoms. The molecular formula is C13H31N3O. The molecule has 0 aromatic heterocycles. The Morgan fingerprint density at radius 1 is 1.12 bits per heavy atom. The number of nitrogens with zero attached hydrogens (tertiary/aromatic N) is 1. The molecule has 0 fully saturated rings. The molecule has 4 nitrogen and oxygen atoms in total. The zero-order valence-electron chi connectivity index (χ0n) is 12.1. The highest BCUT2D eigenvalue weighted by atomic mass is 16.2. The van der Waals surface area contributed by atoms with Gasteiger partial charge >= 0.3 is 0 Å². The molecule has 0 radical (unpaired) electrons. The van der Waals surface area contributed by atoms with Crippen LogP contribution in [0.5, 0.6) is 0 Å². The van der Waals surface area contributed by atoms with Crippen molar-refractivity contribution in [2.45, 2.75) is 46.5 Å². The Labute approximate surface area is 107 Å². The largest absolute Gasteiger partial charge is 0.346 e. The minimum atomic E-state index is 0.149. The van der Waals surface area contributed by atoms with Crippen molar-refractivity contribution in [1.29, 1.82) is 0 Å². The molecular weight excluding hydrogens is 214 g/mol. The van der Waals surface area contributed by atoms with Crippen LogP contribution in [0.25, 0.3) is 0 Å². The average Bonchev–Trinajstić information content (AvgIpc) is 2.34. The van der Waals surface area contributed by atoms with E-state index in [9.17, 15) is 4.79 Å². The van der Waals surface area contributed by atoms with Crippen LogP contribution in [0, 0.1) is 0 Å². The lowest BCUT2D eigenvalue weighted by Gasteiger charge is -2.14. The first-order valence-corrected chi connectivity index (χ1v) is 6.81. The van der Waals surface area contributed by atoms with E-state index in [2.05, 4.69) is 5.32 Å². The molecule has 0 aromatic carbocycles. The van der Waals surface area contributed by atoms with E-state index in [1.165, 1.54) is 12.8 Å². The first-order valence-electron chi connectivity index (χ1n) is 6.81. The lowest BCUT2D eigenvalue weighted by molar-refractivity contribution is -0.127. The normalized spacial score (nSPS) is 9.47. The van der Waals surface area contributed by atoms with E-state index in [0.717, 1.165) is 39.0 Å². The number of carbonyl (C=O) groups excluding carboxylic acids is 1. The first-order chi connectivity index (χ1) is 8.18. The smallest absolute Gasteiger partial charge is 0.219 e. The zero-order chi connectivity index (χ0) is 13.5. The van der Waals surface area contributed by atoms with Crippen molar-refractivity contribution in [1.82, 2.24) is 10.2 Å². The van der Waals surface area contributed by atoms with Gasteiger partial charge in [-0.15, -0.1) is 0 Å². The number of hydrogen-bond donors (Lipinski definition) is 2. The third-order valence-electron chi connectivity index (χ3n) is 2.44. The molecule has 0 aliphatic rings. The zero-order valence-corrected chi connectivity index (χ0v) is 12.1. The third-order valence-corrected chi connectivity index (χ3v) is 2.44. The highest BCUT2D eigenvalue weighted by molar-refractivity contribution is 5.72. The maximum atomic E-state index is 10.9. The van der Waals surface area contributed by atoms with Crippen LogP contribution in [-0.2, 0) is 4.79 Å². The molecule has 0 rings (SSSR count). The van der Waals surface area contributed by atoms with Gasteiger partial charge in [-0.2, -0.15) is 0 Å². The van der Waals surface area contributed by atoms with Crippen LogP contribution in [0.15, 0.2) is 0 Å². The van der Waals surface area contributed by atoms with E-state index < -0.39 is 0 Å². The number of nitrogens with one attached hydrogen (secondary N) is 1. The summed E-state index contributed by atoms with van der Waals surface area (Å²) in [5.74, 6) is 0.149. The molecule has 17 heavy (non-hydrogen) atoms. The molecule has 0 aliphatic heterocycles. The van der Waals surface area contributed by atoms with Gasteiger partial charge in [0, 0.05) is 20.5 Å². The van der Waals surface area contributed by atoms with Gasteiger partial charge in [-0.25, -0.2) is 0 Å². The summed E-state index contributed by atoms with van der Waals surface area (Å²) in [6.07, 6.45) is 4.49. The molecule has 4 heteroatoms. The average molecular weight is 245 g/mol. The maximum Gasteiger partial charge on any atom is 0.219 e. The quantitative estimate of drug-likeness (QED) is 0.607. The van der Waals surface area contributed by atoms with Crippen LogP contribution in [0.4, 0.5) is 0 Å². The maximum absolute atomic E-state index is 10.9. The molecule has 0 heterocycles. The van der Waals surface area contributed by atoms with E-state index in [0.29, 0.717) is 0 Å². The molecule has 0 saturated heterocycles. The highest BCUT2D eigenvalue weighted by Crippen LogP contribution is 1.96. The summed E-state index contributed by atoms with van der Waals surface area (Å²) in [6.45, 7) is 9.32. The van der Waals surface area contributed by atoms with Crippen LogP contribution >= 0.6 is 0 Å². The monoisotopic (exact) mass is 245 g/mol. The first kappa shape index (κ1) is 18.7. The number of rotatable bonds is 9. The predicted molar refractivity (Wildman–Crippen MR) is 75.1 cm³/mol. The van der Waals surface area contributed by atoms with Crippen molar-refractivity contribution in [3.05, 3.63) is 0 Å². The number of unbranched alkanes of at least 4 members (excludes halogenated alkanes) is 2. The molecule has 1 amide bonds. The second-order valence-corrected chi connectivity index (χ2v) is 3.89. The van der Waals surface area contributed by atoms with Crippen molar-refractivity contribution in [3.63, 3.8) is 0 Å². The Morgan fingerprint density at radius 2 is 1.71 bits per heavy atom. The summed E-state index contributed by atoms with van der Waals surface area (Å²) in [7, 11) is 1.85. The molecule has 0 saturated carbocycles. The summed E-state index contributed by atoms with van der Waals surface area (Å²) in [6, 6.07) is 0. The predicted octanol–water partition coefficient (Wildman–Crippen LogP) is 1.60. The number of hydrogen-bond acceptors (Lipinski definition) is 3. The molecule has 0 unspecified atom stereocenters. The van der Waals surface area contributed by atoms with Crippen LogP contribution < -0.4 is 11.1 Å². The lowest BCUT2D eigenvalue weighted by atomic mass is 10.2. The van der Waals surface area contributed by atoms with Crippen molar-refractivity contribution in [3.8, 4) is 0 Å². The second-order valence-electron chi connectivity index (χ2n) is 3.89. The summed E-state index contributed by atoms with van der Waals surface area (Å²) < 4.78 is 0. The molecule has 0 aliphatic carbocycles. The van der Waals surface area contributed by atoms with Crippen molar-refractivity contribution in [2.24, 2.45) is 5.73 Å². The molecule has 0 bridgehead atoms. The van der Waals surface area contributed by atoms with Gasteiger partial charge in [0.1, 0.15) is 0 Å². The summed E-state index contributed by atoms with van der Waals surface area (Å²) in [4.78, 5) is 12.6. The summed E-state index contributed by atoms with van der Waals surface area (Å²) >= 11 is 0.